The van der Waals surface area contributed by atoms with Gasteiger partial charge >= 0.3 is 19.3 Å². The van der Waals surface area contributed by atoms with Crippen LogP contribution in [0.1, 0.15) is 124 Å². The molecule has 680 valence electrons. The van der Waals surface area contributed by atoms with Gasteiger partial charge in [0.25, 0.3) is 16.7 Å². The molecule has 4 aromatic carbocycles. The van der Waals surface area contributed by atoms with Crippen molar-refractivity contribution in [1.82, 2.24) is 69.1 Å². The highest BCUT2D eigenvalue weighted by Gasteiger charge is 2.52. The Morgan fingerprint density at radius 3 is 1.22 bits per heavy atom. The summed E-state index contributed by atoms with van der Waals surface area (Å²) in [6, 6.07) is 39.1. The largest absolute Gasteiger partial charge is 0.493 e. The Kier molecular flexibility index (Phi) is 32.9. The van der Waals surface area contributed by atoms with Crippen LogP contribution in [0.2, 0.25) is 10.3 Å². The number of carbonyl (C=O) groups excluding carboxylic acids is 4. The number of methoxy groups -OCH3 is 8. The van der Waals surface area contributed by atoms with Crippen LogP contribution in [0.25, 0.3) is 61.9 Å². The lowest BCUT2D eigenvalue weighted by atomic mass is 9.75. The zero-order chi connectivity index (χ0) is 93.8. The number of amides is 2. The number of fused-ring (bicyclic) bond motifs is 3. The number of halogens is 2. The molecule has 0 bridgehead atoms. The molecule has 0 saturated carbocycles. The summed E-state index contributed by atoms with van der Waals surface area (Å²) in [6.07, 6.45) is 7.63. The molecule has 0 unspecified atom stereocenters. The summed E-state index contributed by atoms with van der Waals surface area (Å²) in [5.74, 6) is 4.60. The number of ketones is 2. The Morgan fingerprint density at radius 1 is 0.457 bits per heavy atom. The number of anilines is 1. The third-order valence-corrected chi connectivity index (χ3v) is 20.8. The van der Waals surface area contributed by atoms with E-state index in [9.17, 15) is 33.6 Å². The number of Topliss-reactive ketones (excluding diaryl/α,β-unsaturated/α-hetero) is 2. The smallest absolute Gasteiger partial charge is 0.490 e. The van der Waals surface area contributed by atoms with Crippen molar-refractivity contribution >= 4 is 88.0 Å². The standard InChI is InChI=1S/C25H28N4O5.C20H20N4O3.C16H28BNO4.C15H12ClN3O3.C12H14O4.C4H4ClN3/c1-25(2,3)34-24(31)28-12-10-16(11-13-28)18-7-9-22-26-19(15-23(30)29(22)27-18)17-6-8-20(32-4)21(14-17)33-5;1-26-17-5-3-14(11-18(17)27-2)16-12-20(25)24-19(22-16)6-4-15(23-24)13-7-9-21-10-8-13;1-14(2,3)20-13(19)18-10-8-12(9-11-18)17-21-15(4,5)16(6,7)22-17;1-21-11-4-3-9(7-12(11)22-2)10-8-15(20)19-14(17-10)6-5-13(16)18-19;1-8(13)6-10(14)9-4-5-11(15-2)12(7-9)16-3;5-3-1-2-4(6)8-7-3/h6-10,14-15H,11-13H2,1-5H3;3-7,11-12,21H,8-10H2,1-2H3;8H,9-11H2,1-7H3;3-8H,1-2H3;4-5,7H,6H2,1-3H3;1-2H,(H2,6,8). The molecule has 15 rings (SSSR count). The molecule has 0 aliphatic carbocycles. The highest BCUT2D eigenvalue weighted by atomic mass is 35.5. The van der Waals surface area contributed by atoms with Crippen LogP contribution in [0.5, 0.6) is 46.0 Å². The fourth-order valence-corrected chi connectivity index (χ4v) is 13.3. The molecule has 3 N–H and O–H groups in total. The van der Waals surface area contributed by atoms with Crippen molar-refractivity contribution in [3.05, 3.63) is 222 Å². The van der Waals surface area contributed by atoms with Gasteiger partial charge < -0.3 is 77.5 Å². The van der Waals surface area contributed by atoms with Crippen LogP contribution in [0.3, 0.4) is 0 Å². The zero-order valence-electron chi connectivity index (χ0n) is 75.6. The predicted molar refractivity (Wildman–Crippen MR) is 491 cm³/mol. The Hall–Kier alpha value is -13.3. The van der Waals surface area contributed by atoms with Crippen LogP contribution in [0.15, 0.2) is 178 Å². The van der Waals surface area contributed by atoms with E-state index in [4.69, 9.17) is 85.6 Å². The van der Waals surface area contributed by atoms with Crippen LogP contribution in [-0.4, -0.2) is 213 Å². The second-order valence-corrected chi connectivity index (χ2v) is 33.1. The third kappa shape index (κ3) is 26.0. The summed E-state index contributed by atoms with van der Waals surface area (Å²) in [5.41, 5.74) is 13.1. The first-order valence-electron chi connectivity index (χ1n) is 40.9. The molecule has 4 aliphatic rings. The van der Waals surface area contributed by atoms with Crippen LogP contribution in [-0.2, 0) is 23.6 Å². The maximum atomic E-state index is 12.9. The SMILES string of the molecule is CC(C)(C)OC(=O)N1CC=C(B2OC(C)(C)C(C)(C)O2)CC1.COc1ccc(-c2cc(=O)n3nc(C4=CCN(C(=O)OC(C)(C)C)CC4)ccc3n2)cc1OC.COc1ccc(-c2cc(=O)n3nc(C4=CCNCC4)ccc3n2)cc1OC.COc1ccc(-c2cc(=O)n3nc(Cl)ccc3n2)cc1OC.COc1ccc(C(=O)CC(C)=O)cc1OC.Nc1ccc(Cl)nn1. The van der Waals surface area contributed by atoms with Gasteiger partial charge in [-0.2, -0.15) is 28.8 Å². The molecular formula is C92H106BCl2N15O19. The van der Waals surface area contributed by atoms with Crippen molar-refractivity contribution in [3.8, 4) is 79.8 Å². The van der Waals surface area contributed by atoms with Gasteiger partial charge in [-0.15, -0.1) is 10.2 Å². The number of hydrogen-bond acceptors (Lipinski definition) is 29. The number of nitrogen functional groups attached to an aromatic ring is 1. The minimum atomic E-state index is -0.537. The number of carbonyl (C=O) groups is 4. The van der Waals surface area contributed by atoms with Gasteiger partial charge in [-0.05, 0) is 240 Å². The minimum absolute atomic E-state index is 0.0878. The normalized spacial score (nSPS) is 14.4. The summed E-state index contributed by atoms with van der Waals surface area (Å²) in [7, 11) is 12.1. The average molecular weight is 1810 g/mol. The van der Waals surface area contributed by atoms with E-state index in [1.54, 1.807) is 137 Å². The van der Waals surface area contributed by atoms with E-state index in [0.717, 1.165) is 69.4 Å². The van der Waals surface area contributed by atoms with Gasteiger partial charge in [-0.3, -0.25) is 24.0 Å². The van der Waals surface area contributed by atoms with E-state index >= 15 is 0 Å². The Labute approximate surface area is 756 Å². The predicted octanol–water partition coefficient (Wildman–Crippen LogP) is 14.1. The first-order valence-corrected chi connectivity index (χ1v) is 41.7. The van der Waals surface area contributed by atoms with E-state index in [-0.39, 0.29) is 70.3 Å². The summed E-state index contributed by atoms with van der Waals surface area (Å²) in [4.78, 5) is 101. The van der Waals surface area contributed by atoms with E-state index in [1.165, 1.54) is 48.4 Å². The summed E-state index contributed by atoms with van der Waals surface area (Å²) in [6.45, 7) is 24.6. The van der Waals surface area contributed by atoms with Crippen molar-refractivity contribution in [2.24, 2.45) is 0 Å². The summed E-state index contributed by atoms with van der Waals surface area (Å²) >= 11 is 11.2. The molecular weight excluding hydrogens is 1700 g/mol. The number of hydrogen-bond donors (Lipinski definition) is 2. The van der Waals surface area contributed by atoms with Gasteiger partial charge in [0.05, 0.1) is 103 Å². The van der Waals surface area contributed by atoms with Crippen molar-refractivity contribution in [2.45, 2.75) is 124 Å². The van der Waals surface area contributed by atoms with Crippen LogP contribution in [0, 0.1) is 0 Å². The van der Waals surface area contributed by atoms with Gasteiger partial charge in [0.1, 0.15) is 28.0 Å². The third-order valence-electron chi connectivity index (χ3n) is 20.4. The molecule has 11 aromatic rings. The lowest BCUT2D eigenvalue weighted by molar-refractivity contribution is -0.116. The number of benzene rings is 4. The van der Waals surface area contributed by atoms with E-state index < -0.39 is 11.2 Å². The first kappa shape index (κ1) is 97.8. The Bertz CT molecular complexity index is 6150. The van der Waals surface area contributed by atoms with Gasteiger partial charge in [0, 0.05) is 73.2 Å². The van der Waals surface area contributed by atoms with Gasteiger partial charge in [0.2, 0.25) is 0 Å². The van der Waals surface area contributed by atoms with E-state index in [2.05, 4.69) is 51.8 Å². The molecule has 34 nitrogen and oxygen atoms in total. The van der Waals surface area contributed by atoms with Crippen molar-refractivity contribution in [1.29, 1.82) is 0 Å². The van der Waals surface area contributed by atoms with Crippen molar-refractivity contribution < 1.29 is 75.9 Å². The molecule has 129 heavy (non-hydrogen) atoms. The lowest BCUT2D eigenvalue weighted by Crippen LogP contribution is -2.41. The van der Waals surface area contributed by atoms with Gasteiger partial charge in [-0.1, -0.05) is 41.4 Å². The Morgan fingerprint density at radius 2 is 0.853 bits per heavy atom. The van der Waals surface area contributed by atoms with Crippen molar-refractivity contribution in [3.63, 3.8) is 0 Å². The molecule has 1 fully saturated rings. The van der Waals surface area contributed by atoms with E-state index in [1.807, 2.05) is 118 Å². The molecule has 37 heteroatoms. The quantitative estimate of drug-likeness (QED) is 0.0485. The average Bonchev–Trinajstić information content (AvgIpc) is 1.66. The molecule has 2 amide bonds. The monoisotopic (exact) mass is 1810 g/mol. The summed E-state index contributed by atoms with van der Waals surface area (Å²) in [5, 5.41) is 23.8. The molecule has 7 aromatic heterocycles. The number of aromatic nitrogens is 11. The van der Waals surface area contributed by atoms with Crippen LogP contribution < -0.4 is 65.6 Å². The molecule has 0 atom stereocenters. The second kappa shape index (κ2) is 43.4. The Balaban J connectivity index is 0.000000167. The van der Waals surface area contributed by atoms with Crippen LogP contribution in [0.4, 0.5) is 15.4 Å². The number of nitrogens with one attached hydrogen (secondary N) is 1. The van der Waals surface area contributed by atoms with Gasteiger partial charge in [0.15, 0.2) is 73.9 Å². The molecule has 11 heterocycles. The topological polar surface area (TPSA) is 391 Å². The fourth-order valence-electron chi connectivity index (χ4n) is 13.0. The lowest BCUT2D eigenvalue weighted by Gasteiger charge is -2.32. The fraction of sp³-hybridized carbons (Fsp3) is 0.359. The van der Waals surface area contributed by atoms with Crippen molar-refractivity contribution in [2.75, 3.05) is 102 Å². The number of rotatable bonds is 17. The number of nitrogens with two attached hydrogens (primary N) is 1. The molecule has 1 saturated heterocycles. The molecule has 0 spiro atoms. The first-order chi connectivity index (χ1) is 61.3. The van der Waals surface area contributed by atoms with Gasteiger partial charge in [-0.25, -0.2) is 24.5 Å². The maximum absolute atomic E-state index is 12.9. The maximum Gasteiger partial charge on any atom is 0.490 e. The number of nitrogens with zero attached hydrogens (tertiary/aromatic N) is 13. The summed E-state index contributed by atoms with van der Waals surface area (Å²) < 4.78 is 68.6. The van der Waals surface area contributed by atoms with E-state index in [0.29, 0.717) is 135 Å². The highest BCUT2D eigenvalue weighted by Crippen LogP contribution is 2.41. The molecule has 4 aliphatic heterocycles. The van der Waals surface area contributed by atoms with Crippen LogP contribution >= 0.6 is 23.2 Å². The molecule has 0 radical (unpaired) electrons. The zero-order valence-corrected chi connectivity index (χ0v) is 77.1. The number of ether oxygens (including phenoxy) is 10. The highest BCUT2D eigenvalue weighted by molar-refractivity contribution is 6.54. The minimum Gasteiger partial charge on any atom is -0.493 e. The second-order valence-electron chi connectivity index (χ2n) is 32.3.